The zero-order valence-electron chi connectivity index (χ0n) is 11.7. The second-order valence-electron chi connectivity index (χ2n) is 5.33. The Morgan fingerprint density at radius 2 is 2.10 bits per heavy atom. The highest BCUT2D eigenvalue weighted by atomic mass is 32.1. The smallest absolute Gasteiger partial charge is 0.158 e. The molecule has 0 aromatic carbocycles. The van der Waals surface area contributed by atoms with Crippen LogP contribution in [0.1, 0.15) is 32.5 Å². The Hall–Kier alpha value is -1.24. The maximum atomic E-state index is 5.93. The van der Waals surface area contributed by atoms with Crippen molar-refractivity contribution in [1.82, 2.24) is 9.97 Å². The van der Waals surface area contributed by atoms with Gasteiger partial charge in [0.15, 0.2) is 5.82 Å². The first kappa shape index (κ1) is 13.7. The number of nitrogens with two attached hydrogens (primary N) is 1. The maximum absolute atomic E-state index is 5.93. The van der Waals surface area contributed by atoms with E-state index >= 15 is 0 Å². The molecular formula is C14H19N3O2S. The van der Waals surface area contributed by atoms with Crippen molar-refractivity contribution in [3.8, 4) is 0 Å². The molecule has 0 spiro atoms. The highest BCUT2D eigenvalue weighted by Gasteiger charge is 2.25. The van der Waals surface area contributed by atoms with E-state index in [1.54, 1.807) is 11.3 Å². The van der Waals surface area contributed by atoms with Crippen LogP contribution in [-0.2, 0) is 16.1 Å². The molecule has 2 atom stereocenters. The summed E-state index contributed by atoms with van der Waals surface area (Å²) in [5.74, 6) is 1.19. The number of aromatic nitrogens is 2. The van der Waals surface area contributed by atoms with Gasteiger partial charge in [0.1, 0.15) is 17.3 Å². The fourth-order valence-corrected chi connectivity index (χ4v) is 3.45. The van der Waals surface area contributed by atoms with Gasteiger partial charge < -0.3 is 15.2 Å². The number of ether oxygens (including phenoxy) is 2. The monoisotopic (exact) mass is 293 g/mol. The molecule has 0 bridgehead atoms. The van der Waals surface area contributed by atoms with Crippen LogP contribution in [0.15, 0.2) is 11.4 Å². The lowest BCUT2D eigenvalue weighted by molar-refractivity contribution is -0.107. The number of rotatable bonds is 3. The van der Waals surface area contributed by atoms with Crippen LogP contribution < -0.4 is 5.73 Å². The van der Waals surface area contributed by atoms with Crippen LogP contribution in [0, 0.1) is 0 Å². The molecule has 2 unspecified atom stereocenters. The van der Waals surface area contributed by atoms with E-state index in [1.807, 2.05) is 11.4 Å². The first-order valence-corrected chi connectivity index (χ1v) is 7.76. The van der Waals surface area contributed by atoms with Crippen LogP contribution >= 0.6 is 11.3 Å². The van der Waals surface area contributed by atoms with Gasteiger partial charge >= 0.3 is 0 Å². The van der Waals surface area contributed by atoms with Crippen molar-refractivity contribution in [1.29, 1.82) is 0 Å². The Kier molecular flexibility index (Phi) is 3.87. The van der Waals surface area contributed by atoms with E-state index in [9.17, 15) is 0 Å². The van der Waals surface area contributed by atoms with E-state index in [0.717, 1.165) is 23.1 Å². The molecule has 0 amide bonds. The predicted octanol–water partition coefficient (Wildman–Crippen LogP) is 2.75. The van der Waals surface area contributed by atoms with Gasteiger partial charge in [-0.3, -0.25) is 0 Å². The minimum atomic E-state index is 0.206. The summed E-state index contributed by atoms with van der Waals surface area (Å²) in [5, 5.41) is 2.90. The summed E-state index contributed by atoms with van der Waals surface area (Å²) in [5.41, 5.74) is 5.93. The molecule has 1 aliphatic rings. The van der Waals surface area contributed by atoms with E-state index in [2.05, 4.69) is 23.8 Å². The van der Waals surface area contributed by atoms with Crippen molar-refractivity contribution in [3.63, 3.8) is 0 Å². The van der Waals surface area contributed by atoms with Crippen molar-refractivity contribution >= 4 is 27.4 Å². The van der Waals surface area contributed by atoms with Crippen molar-refractivity contribution < 1.29 is 9.47 Å². The molecule has 6 heteroatoms. The summed E-state index contributed by atoms with van der Waals surface area (Å²) in [4.78, 5) is 9.72. The highest BCUT2D eigenvalue weighted by Crippen LogP contribution is 2.25. The number of fused-ring (bicyclic) bond motifs is 1. The highest BCUT2D eigenvalue weighted by molar-refractivity contribution is 7.16. The zero-order chi connectivity index (χ0) is 14.1. The molecule has 2 N–H and O–H groups in total. The average molecular weight is 293 g/mol. The quantitative estimate of drug-likeness (QED) is 0.942. The van der Waals surface area contributed by atoms with E-state index in [-0.39, 0.29) is 18.3 Å². The minimum absolute atomic E-state index is 0.206. The summed E-state index contributed by atoms with van der Waals surface area (Å²) in [7, 11) is 0. The van der Waals surface area contributed by atoms with Gasteiger partial charge in [-0.15, -0.1) is 11.3 Å². The number of hydrogen-bond donors (Lipinski definition) is 1. The Labute approximate surface area is 122 Å². The molecule has 0 radical (unpaired) electrons. The van der Waals surface area contributed by atoms with Gasteiger partial charge in [0.25, 0.3) is 0 Å². The third kappa shape index (κ3) is 2.92. The summed E-state index contributed by atoms with van der Waals surface area (Å²) in [6, 6.07) is 1.95. The van der Waals surface area contributed by atoms with Crippen molar-refractivity contribution in [3.05, 3.63) is 17.3 Å². The predicted molar refractivity (Wildman–Crippen MR) is 79.6 cm³/mol. The van der Waals surface area contributed by atoms with Crippen molar-refractivity contribution in [2.75, 3.05) is 5.73 Å². The number of hydrogen-bond acceptors (Lipinski definition) is 6. The molecule has 108 valence electrons. The van der Waals surface area contributed by atoms with Crippen LogP contribution in [0.25, 0.3) is 10.2 Å². The van der Waals surface area contributed by atoms with Gasteiger partial charge in [0, 0.05) is 0 Å². The molecule has 5 nitrogen and oxygen atoms in total. The molecule has 2 aromatic rings. The van der Waals surface area contributed by atoms with Crippen LogP contribution in [0.4, 0.5) is 5.82 Å². The molecular weight excluding hydrogens is 274 g/mol. The van der Waals surface area contributed by atoms with Gasteiger partial charge in [-0.2, -0.15) is 0 Å². The van der Waals surface area contributed by atoms with Crippen molar-refractivity contribution in [2.45, 2.75) is 51.6 Å². The zero-order valence-corrected chi connectivity index (χ0v) is 12.5. The van der Waals surface area contributed by atoms with E-state index < -0.39 is 0 Å². The largest absolute Gasteiger partial charge is 0.383 e. The molecule has 1 fully saturated rings. The molecule has 0 saturated carbocycles. The van der Waals surface area contributed by atoms with E-state index in [0.29, 0.717) is 18.2 Å². The number of nitrogen functional groups attached to an aromatic ring is 1. The molecule has 2 aromatic heterocycles. The van der Waals surface area contributed by atoms with Crippen LogP contribution in [0.5, 0.6) is 0 Å². The Morgan fingerprint density at radius 1 is 1.35 bits per heavy atom. The lowest BCUT2D eigenvalue weighted by Gasteiger charge is -2.31. The second kappa shape index (κ2) is 5.63. The molecule has 3 heterocycles. The molecule has 1 aliphatic heterocycles. The Morgan fingerprint density at radius 3 is 2.85 bits per heavy atom. The summed E-state index contributed by atoms with van der Waals surface area (Å²) in [6.07, 6.45) is 2.53. The summed E-state index contributed by atoms with van der Waals surface area (Å²) < 4.78 is 11.6. The number of thiophene rings is 1. The molecule has 3 rings (SSSR count). The lowest BCUT2D eigenvalue weighted by atomic mass is 10.0. The van der Waals surface area contributed by atoms with Crippen molar-refractivity contribution in [2.24, 2.45) is 0 Å². The fraction of sp³-hybridized carbons (Fsp3) is 0.571. The SMILES string of the molecule is CC1CC(OCc2nc(N)c3ccsc3n2)CC(C)O1. The maximum Gasteiger partial charge on any atom is 0.158 e. The molecule has 0 aliphatic carbocycles. The van der Waals surface area contributed by atoms with Gasteiger partial charge in [0.05, 0.1) is 23.7 Å². The van der Waals surface area contributed by atoms with Gasteiger partial charge in [-0.1, -0.05) is 0 Å². The van der Waals surface area contributed by atoms with Gasteiger partial charge in [-0.25, -0.2) is 9.97 Å². The Balaban J connectivity index is 1.67. The second-order valence-corrected chi connectivity index (χ2v) is 6.22. The standard InChI is InChI=1S/C14H19N3O2S/c1-8-5-10(6-9(2)19-8)18-7-12-16-13(15)11-3-4-20-14(11)17-12/h3-4,8-10H,5-7H2,1-2H3,(H2,15,16,17). The first-order valence-electron chi connectivity index (χ1n) is 6.88. The summed E-state index contributed by atoms with van der Waals surface area (Å²) in [6.45, 7) is 4.57. The number of anilines is 1. The normalized spacial score (nSPS) is 27.0. The lowest BCUT2D eigenvalue weighted by Crippen LogP contribution is -2.34. The number of nitrogens with zero attached hydrogens (tertiary/aromatic N) is 2. The average Bonchev–Trinajstić information content (AvgIpc) is 2.84. The van der Waals surface area contributed by atoms with E-state index in [1.165, 1.54) is 0 Å². The van der Waals surface area contributed by atoms with Crippen LogP contribution in [0.3, 0.4) is 0 Å². The molecule has 1 saturated heterocycles. The fourth-order valence-electron chi connectivity index (χ4n) is 2.66. The van der Waals surface area contributed by atoms with Crippen LogP contribution in [-0.4, -0.2) is 28.3 Å². The van der Waals surface area contributed by atoms with E-state index in [4.69, 9.17) is 15.2 Å². The first-order chi connectivity index (χ1) is 9.61. The van der Waals surface area contributed by atoms with Crippen LogP contribution in [0.2, 0.25) is 0 Å². The molecule has 20 heavy (non-hydrogen) atoms. The summed E-state index contributed by atoms with van der Waals surface area (Å²) >= 11 is 1.57. The van der Waals surface area contributed by atoms with Gasteiger partial charge in [-0.05, 0) is 38.1 Å². The Bertz CT molecular complexity index is 591. The topological polar surface area (TPSA) is 70.3 Å². The third-order valence-electron chi connectivity index (χ3n) is 3.50. The van der Waals surface area contributed by atoms with Gasteiger partial charge in [0.2, 0.25) is 0 Å². The third-order valence-corrected chi connectivity index (χ3v) is 4.31. The minimum Gasteiger partial charge on any atom is -0.383 e.